The van der Waals surface area contributed by atoms with Crippen LogP contribution < -0.4 is 10.6 Å². The van der Waals surface area contributed by atoms with Crippen molar-refractivity contribution in [2.45, 2.75) is 44.4 Å². The lowest BCUT2D eigenvalue weighted by Crippen LogP contribution is -2.50. The number of carbonyl (C=O) groups is 2. The second-order valence-corrected chi connectivity index (χ2v) is 6.10. The van der Waals surface area contributed by atoms with Gasteiger partial charge in [0.1, 0.15) is 6.04 Å². The number of amides is 2. The first kappa shape index (κ1) is 15.1. The maximum Gasteiger partial charge on any atom is 0.326 e. The lowest BCUT2D eigenvalue weighted by molar-refractivity contribution is -0.140. The third-order valence-electron chi connectivity index (χ3n) is 3.28. The molecular weight excluding hydrogens is 252 g/mol. The highest BCUT2D eigenvalue weighted by Gasteiger charge is 2.25. The zero-order valence-electron chi connectivity index (χ0n) is 10.9. The Labute approximate surface area is 112 Å². The number of carbonyl (C=O) groups excluding carboxylic acids is 1. The maximum absolute atomic E-state index is 11.6. The Balaban J connectivity index is 2.33. The fraction of sp³-hybridized carbons (Fsp3) is 0.833. The average Bonchev–Trinajstić information content (AvgIpc) is 2.85. The Bertz CT molecular complexity index is 293. The quantitative estimate of drug-likeness (QED) is 0.688. The van der Waals surface area contributed by atoms with E-state index in [1.165, 1.54) is 6.42 Å². The van der Waals surface area contributed by atoms with Gasteiger partial charge in [-0.25, -0.2) is 9.59 Å². The van der Waals surface area contributed by atoms with E-state index >= 15 is 0 Å². The van der Waals surface area contributed by atoms with Crippen molar-refractivity contribution in [3.63, 3.8) is 0 Å². The van der Waals surface area contributed by atoms with Crippen LogP contribution in [0.5, 0.6) is 0 Å². The zero-order valence-corrected chi connectivity index (χ0v) is 11.8. The molecule has 3 N–H and O–H groups in total. The lowest BCUT2D eigenvalue weighted by Gasteiger charge is -2.20. The van der Waals surface area contributed by atoms with Gasteiger partial charge in [-0.1, -0.05) is 20.3 Å². The molecule has 3 atom stereocenters. The molecule has 1 aliphatic rings. The van der Waals surface area contributed by atoms with Gasteiger partial charge in [0.25, 0.3) is 0 Å². The molecule has 0 aromatic carbocycles. The first-order valence-electron chi connectivity index (χ1n) is 6.43. The highest BCUT2D eigenvalue weighted by Crippen LogP contribution is 2.25. The summed E-state index contributed by atoms with van der Waals surface area (Å²) in [5.74, 6) is 0.0994. The molecule has 0 radical (unpaired) electrons. The molecule has 0 aromatic rings. The van der Waals surface area contributed by atoms with Crippen molar-refractivity contribution in [2.24, 2.45) is 5.92 Å². The molecule has 1 aliphatic heterocycles. The molecule has 18 heavy (non-hydrogen) atoms. The fourth-order valence-electron chi connectivity index (χ4n) is 1.89. The van der Waals surface area contributed by atoms with Crippen LogP contribution in [0.1, 0.15) is 33.1 Å². The summed E-state index contributed by atoms with van der Waals surface area (Å²) >= 11 is 1.86. The summed E-state index contributed by atoms with van der Waals surface area (Å²) in [5.41, 5.74) is 0. The predicted molar refractivity (Wildman–Crippen MR) is 72.9 cm³/mol. The minimum Gasteiger partial charge on any atom is -0.480 e. The molecule has 2 amide bonds. The Morgan fingerprint density at radius 3 is 2.72 bits per heavy atom. The van der Waals surface area contributed by atoms with Crippen LogP contribution in [-0.4, -0.2) is 40.7 Å². The maximum atomic E-state index is 11.6. The summed E-state index contributed by atoms with van der Waals surface area (Å²) in [6, 6.07) is -1.19. The van der Waals surface area contributed by atoms with Crippen LogP contribution in [0.25, 0.3) is 0 Å². The van der Waals surface area contributed by atoms with Crippen molar-refractivity contribution in [1.29, 1.82) is 0 Å². The first-order chi connectivity index (χ1) is 8.54. The van der Waals surface area contributed by atoms with Gasteiger partial charge < -0.3 is 15.7 Å². The second kappa shape index (κ2) is 7.51. The highest BCUT2D eigenvalue weighted by molar-refractivity contribution is 8.00. The van der Waals surface area contributed by atoms with Gasteiger partial charge in [-0.2, -0.15) is 11.8 Å². The van der Waals surface area contributed by atoms with Gasteiger partial charge >= 0.3 is 12.0 Å². The van der Waals surface area contributed by atoms with E-state index < -0.39 is 12.0 Å². The third kappa shape index (κ3) is 4.76. The molecule has 0 aromatic heterocycles. The van der Waals surface area contributed by atoms with Gasteiger partial charge in [0.15, 0.2) is 0 Å². The van der Waals surface area contributed by atoms with E-state index in [1.807, 2.05) is 25.6 Å². The Morgan fingerprint density at radius 1 is 1.50 bits per heavy atom. The van der Waals surface area contributed by atoms with Crippen LogP contribution in [0, 0.1) is 5.92 Å². The summed E-state index contributed by atoms with van der Waals surface area (Å²) in [5, 5.41) is 14.8. The van der Waals surface area contributed by atoms with E-state index in [0.29, 0.717) is 11.8 Å². The smallest absolute Gasteiger partial charge is 0.326 e. The molecule has 6 heteroatoms. The Kier molecular flexibility index (Phi) is 6.32. The van der Waals surface area contributed by atoms with Crippen molar-refractivity contribution >= 4 is 23.8 Å². The Morgan fingerprint density at radius 2 is 2.22 bits per heavy atom. The number of carboxylic acids is 1. The largest absolute Gasteiger partial charge is 0.480 e. The number of hydrogen-bond acceptors (Lipinski definition) is 3. The summed E-state index contributed by atoms with van der Waals surface area (Å²) in [6.07, 6.45) is 3.04. The zero-order chi connectivity index (χ0) is 13.5. The molecule has 5 nitrogen and oxygen atoms in total. The van der Waals surface area contributed by atoms with Crippen LogP contribution in [-0.2, 0) is 4.79 Å². The molecule has 0 bridgehead atoms. The van der Waals surface area contributed by atoms with Gasteiger partial charge in [0, 0.05) is 11.8 Å². The number of hydrogen-bond donors (Lipinski definition) is 3. The van der Waals surface area contributed by atoms with Gasteiger partial charge in [-0.15, -0.1) is 0 Å². The first-order valence-corrected chi connectivity index (χ1v) is 7.48. The minimum atomic E-state index is -0.977. The van der Waals surface area contributed by atoms with E-state index in [2.05, 4.69) is 10.6 Å². The average molecular weight is 274 g/mol. The molecule has 1 fully saturated rings. The minimum absolute atomic E-state index is 0.0749. The molecule has 0 aliphatic carbocycles. The molecule has 0 saturated carbocycles. The number of carboxylic acid groups (broad SMARTS) is 1. The number of rotatable bonds is 6. The highest BCUT2D eigenvalue weighted by atomic mass is 32.2. The van der Waals surface area contributed by atoms with Gasteiger partial charge in [0.2, 0.25) is 0 Å². The molecule has 0 spiro atoms. The van der Waals surface area contributed by atoms with Gasteiger partial charge in [0.05, 0.1) is 0 Å². The van der Waals surface area contributed by atoms with Crippen LogP contribution in [0.2, 0.25) is 0 Å². The van der Waals surface area contributed by atoms with E-state index in [4.69, 9.17) is 5.11 Å². The van der Waals surface area contributed by atoms with E-state index in [-0.39, 0.29) is 11.9 Å². The summed E-state index contributed by atoms with van der Waals surface area (Å²) in [6.45, 7) is 4.35. The van der Waals surface area contributed by atoms with E-state index in [1.54, 1.807) is 0 Å². The van der Waals surface area contributed by atoms with Gasteiger partial charge in [-0.05, 0) is 24.5 Å². The topological polar surface area (TPSA) is 78.4 Å². The number of nitrogens with one attached hydrogen (secondary N) is 2. The normalized spacial score (nSPS) is 22.2. The number of urea groups is 1. The fourth-order valence-corrected chi connectivity index (χ4v) is 3.09. The van der Waals surface area contributed by atoms with Gasteiger partial charge in [-0.3, -0.25) is 0 Å². The van der Waals surface area contributed by atoms with Crippen molar-refractivity contribution in [1.82, 2.24) is 10.6 Å². The molecule has 1 heterocycles. The molecule has 1 rings (SSSR count). The SMILES string of the molecule is CC[C@H](C)[C@H](NC(=O)NCC1CCCS1)C(=O)O. The molecule has 104 valence electrons. The van der Waals surface area contributed by atoms with Crippen LogP contribution in [0.15, 0.2) is 0 Å². The monoisotopic (exact) mass is 274 g/mol. The van der Waals surface area contributed by atoms with Crippen LogP contribution in [0.3, 0.4) is 0 Å². The lowest BCUT2D eigenvalue weighted by atomic mass is 9.99. The number of thioether (sulfide) groups is 1. The third-order valence-corrected chi connectivity index (χ3v) is 4.68. The molecular formula is C12H22N2O3S. The van der Waals surface area contributed by atoms with Crippen molar-refractivity contribution in [3.8, 4) is 0 Å². The summed E-state index contributed by atoms with van der Waals surface area (Å²) in [7, 11) is 0. The molecule has 1 unspecified atom stereocenters. The predicted octanol–water partition coefficient (Wildman–Crippen LogP) is 1.68. The van der Waals surface area contributed by atoms with E-state index in [0.717, 1.165) is 18.6 Å². The van der Waals surface area contributed by atoms with E-state index in [9.17, 15) is 9.59 Å². The summed E-state index contributed by atoms with van der Waals surface area (Å²) < 4.78 is 0. The summed E-state index contributed by atoms with van der Waals surface area (Å²) in [4.78, 5) is 22.7. The van der Waals surface area contributed by atoms with Crippen LogP contribution >= 0.6 is 11.8 Å². The van der Waals surface area contributed by atoms with Crippen molar-refractivity contribution in [3.05, 3.63) is 0 Å². The standard InChI is InChI=1S/C12H22N2O3S/c1-3-8(2)10(11(15)16)14-12(17)13-7-9-5-4-6-18-9/h8-10H,3-7H2,1-2H3,(H,15,16)(H2,13,14,17)/t8-,9?,10-/m0/s1. The van der Waals surface area contributed by atoms with Crippen molar-refractivity contribution in [2.75, 3.05) is 12.3 Å². The van der Waals surface area contributed by atoms with Crippen molar-refractivity contribution < 1.29 is 14.7 Å². The van der Waals surface area contributed by atoms with Crippen LogP contribution in [0.4, 0.5) is 4.79 Å². The Hall–Kier alpha value is -0.910. The second-order valence-electron chi connectivity index (χ2n) is 4.69. The number of aliphatic carboxylic acids is 1. The molecule has 1 saturated heterocycles.